The van der Waals surface area contributed by atoms with Crippen molar-refractivity contribution in [1.82, 2.24) is 0 Å². The van der Waals surface area contributed by atoms with Crippen LogP contribution in [0, 0.1) is 0 Å². The van der Waals surface area contributed by atoms with E-state index < -0.39 is 5.97 Å². The van der Waals surface area contributed by atoms with Crippen molar-refractivity contribution in [2.24, 2.45) is 0 Å². The van der Waals surface area contributed by atoms with E-state index in [1.165, 1.54) is 0 Å². The predicted octanol–water partition coefficient (Wildman–Crippen LogP) is 2.08. The Morgan fingerprint density at radius 2 is 2.06 bits per heavy atom. The molecule has 1 rings (SSSR count). The number of hydrogen-bond acceptors (Lipinski definition) is 3. The van der Waals surface area contributed by atoms with Crippen LogP contribution in [0.15, 0.2) is 42.2 Å². The quantitative estimate of drug-likeness (QED) is 0.779. The molecule has 0 unspecified atom stereocenters. The third kappa shape index (κ3) is 3.82. The minimum atomic E-state index is -0.502. The second-order valence-electron chi connectivity index (χ2n) is 3.18. The Bertz CT molecular complexity index is 360. The molecule has 0 aromatic heterocycles. The van der Waals surface area contributed by atoms with Gasteiger partial charge in [0.15, 0.2) is 0 Å². The van der Waals surface area contributed by atoms with Crippen molar-refractivity contribution in [1.29, 1.82) is 0 Å². The van der Waals surface area contributed by atoms with Crippen LogP contribution >= 0.6 is 0 Å². The summed E-state index contributed by atoms with van der Waals surface area (Å²) in [4.78, 5) is 11.4. The first-order valence-corrected chi connectivity index (χ1v) is 4.89. The molecule has 0 amide bonds. The van der Waals surface area contributed by atoms with Gasteiger partial charge in [-0.15, -0.1) is 0 Å². The fourth-order valence-electron chi connectivity index (χ4n) is 1.12. The van der Waals surface area contributed by atoms with Gasteiger partial charge in [0, 0.05) is 6.61 Å². The maximum atomic E-state index is 12.2. The molecule has 0 bridgehead atoms. The molecule has 0 aliphatic heterocycles. The number of carbonyl (C=O) groups excluding carboxylic acids is 1. The van der Waals surface area contributed by atoms with Gasteiger partial charge in [-0.2, -0.15) is 0 Å². The Labute approximate surface area is 93.2 Å². The van der Waals surface area contributed by atoms with Crippen LogP contribution in [0.2, 0.25) is 0 Å². The van der Waals surface area contributed by atoms with Crippen molar-refractivity contribution in [3.63, 3.8) is 0 Å². The fourth-order valence-corrected chi connectivity index (χ4v) is 1.12. The molecule has 1 N–H and O–H groups in total. The summed E-state index contributed by atoms with van der Waals surface area (Å²) < 4.78 is 17.1. The molecule has 4 heteroatoms. The number of halogens is 1. The highest BCUT2D eigenvalue weighted by Crippen LogP contribution is 2.06. The maximum absolute atomic E-state index is 12.2. The average Bonchev–Trinajstić information content (AvgIpc) is 2.35. The number of hydrogen-bond donors (Lipinski definition) is 1. The Kier molecular flexibility index (Phi) is 5.22. The van der Waals surface area contributed by atoms with Crippen LogP contribution in [0.5, 0.6) is 0 Å². The average molecular weight is 224 g/mol. The smallest absolute Gasteiger partial charge is 0.338 e. The molecule has 1 aromatic carbocycles. The Balaban J connectivity index is 2.47. The first-order chi connectivity index (χ1) is 7.77. The summed E-state index contributed by atoms with van der Waals surface area (Å²) in [5.41, 5.74) is 0.677. The second-order valence-corrected chi connectivity index (χ2v) is 3.18. The summed E-state index contributed by atoms with van der Waals surface area (Å²) in [5, 5.41) is 8.60. The highest BCUT2D eigenvalue weighted by molar-refractivity contribution is 5.89. The Morgan fingerprint density at radius 3 is 2.62 bits per heavy atom. The SMILES string of the molecule is O=C(OC/C(=C/F)CCO)c1ccccc1. The van der Waals surface area contributed by atoms with Gasteiger partial charge in [-0.05, 0) is 24.1 Å². The van der Waals surface area contributed by atoms with Crippen molar-refractivity contribution in [3.8, 4) is 0 Å². The van der Waals surface area contributed by atoms with Crippen LogP contribution in [-0.4, -0.2) is 24.3 Å². The third-order valence-electron chi connectivity index (χ3n) is 1.99. The number of esters is 1. The van der Waals surface area contributed by atoms with Crippen LogP contribution in [0.3, 0.4) is 0 Å². The van der Waals surface area contributed by atoms with E-state index in [1.54, 1.807) is 30.3 Å². The highest BCUT2D eigenvalue weighted by atomic mass is 19.1. The largest absolute Gasteiger partial charge is 0.457 e. The van der Waals surface area contributed by atoms with E-state index in [0.717, 1.165) is 0 Å². The lowest BCUT2D eigenvalue weighted by molar-refractivity contribution is 0.0534. The van der Waals surface area contributed by atoms with E-state index in [-0.39, 0.29) is 25.2 Å². The number of rotatable bonds is 5. The Hall–Kier alpha value is -1.68. The van der Waals surface area contributed by atoms with Crippen molar-refractivity contribution in [2.45, 2.75) is 6.42 Å². The van der Waals surface area contributed by atoms with Gasteiger partial charge in [0.05, 0.1) is 11.9 Å². The summed E-state index contributed by atoms with van der Waals surface area (Å²) in [6.07, 6.45) is 0.521. The van der Waals surface area contributed by atoms with Gasteiger partial charge in [0.25, 0.3) is 0 Å². The van der Waals surface area contributed by atoms with Gasteiger partial charge in [0.2, 0.25) is 0 Å². The lowest BCUT2D eigenvalue weighted by Gasteiger charge is -2.06. The molecular formula is C12H13FO3. The molecule has 0 saturated carbocycles. The van der Waals surface area contributed by atoms with Gasteiger partial charge < -0.3 is 9.84 Å². The third-order valence-corrected chi connectivity index (χ3v) is 1.99. The molecule has 0 radical (unpaired) electrons. The van der Waals surface area contributed by atoms with Crippen LogP contribution in [0.25, 0.3) is 0 Å². The maximum Gasteiger partial charge on any atom is 0.338 e. The molecule has 86 valence electrons. The monoisotopic (exact) mass is 224 g/mol. The molecule has 0 spiro atoms. The molecular weight excluding hydrogens is 211 g/mol. The van der Waals surface area contributed by atoms with Gasteiger partial charge in [-0.1, -0.05) is 18.2 Å². The summed E-state index contributed by atoms with van der Waals surface area (Å²) in [6, 6.07) is 8.46. The van der Waals surface area contributed by atoms with Gasteiger partial charge in [0.1, 0.15) is 6.61 Å². The van der Waals surface area contributed by atoms with Crippen LogP contribution in [0.1, 0.15) is 16.8 Å². The van der Waals surface area contributed by atoms with Crippen molar-refractivity contribution < 1.29 is 19.0 Å². The molecule has 0 aliphatic rings. The van der Waals surface area contributed by atoms with E-state index in [4.69, 9.17) is 9.84 Å². The zero-order valence-electron chi connectivity index (χ0n) is 8.73. The van der Waals surface area contributed by atoms with Gasteiger partial charge in [-0.25, -0.2) is 9.18 Å². The van der Waals surface area contributed by atoms with E-state index in [2.05, 4.69) is 0 Å². The molecule has 0 aliphatic carbocycles. The molecule has 1 aromatic rings. The highest BCUT2D eigenvalue weighted by Gasteiger charge is 2.07. The lowest BCUT2D eigenvalue weighted by atomic mass is 10.2. The molecule has 0 fully saturated rings. The second kappa shape index (κ2) is 6.74. The van der Waals surface area contributed by atoms with E-state index in [1.807, 2.05) is 0 Å². The van der Waals surface area contributed by atoms with Crippen molar-refractivity contribution >= 4 is 5.97 Å². The molecule has 16 heavy (non-hydrogen) atoms. The molecule has 0 heterocycles. The van der Waals surface area contributed by atoms with Gasteiger partial charge in [-0.3, -0.25) is 0 Å². The van der Waals surface area contributed by atoms with Crippen LogP contribution in [-0.2, 0) is 4.74 Å². The first-order valence-electron chi connectivity index (χ1n) is 4.89. The summed E-state index contributed by atoms with van der Waals surface area (Å²) >= 11 is 0. The lowest BCUT2D eigenvalue weighted by Crippen LogP contribution is -2.08. The zero-order valence-corrected chi connectivity index (χ0v) is 8.73. The van der Waals surface area contributed by atoms with E-state index >= 15 is 0 Å². The first kappa shape index (κ1) is 12.4. The molecule has 0 atom stereocenters. The van der Waals surface area contributed by atoms with Crippen molar-refractivity contribution in [2.75, 3.05) is 13.2 Å². The topological polar surface area (TPSA) is 46.5 Å². The number of aliphatic hydroxyl groups excluding tert-OH is 1. The summed E-state index contributed by atoms with van der Waals surface area (Å²) in [6.45, 7) is -0.302. The summed E-state index contributed by atoms with van der Waals surface area (Å²) in [5.74, 6) is -0.502. The number of benzene rings is 1. The molecule has 0 saturated heterocycles. The fraction of sp³-hybridized carbons (Fsp3) is 0.250. The minimum absolute atomic E-state index is 0.134. The van der Waals surface area contributed by atoms with Crippen LogP contribution < -0.4 is 0 Å². The molecule has 3 nitrogen and oxygen atoms in total. The minimum Gasteiger partial charge on any atom is -0.457 e. The van der Waals surface area contributed by atoms with Gasteiger partial charge >= 0.3 is 5.97 Å². The predicted molar refractivity (Wildman–Crippen MR) is 57.6 cm³/mol. The van der Waals surface area contributed by atoms with Crippen LogP contribution in [0.4, 0.5) is 4.39 Å². The number of ether oxygens (including phenoxy) is 1. The standard InChI is InChI=1S/C12H13FO3/c13-8-10(6-7-14)9-16-12(15)11-4-2-1-3-5-11/h1-5,8,14H,6-7,9H2/b10-8+. The van der Waals surface area contributed by atoms with Crippen molar-refractivity contribution in [3.05, 3.63) is 47.8 Å². The zero-order chi connectivity index (χ0) is 11.8. The normalized spacial score (nSPS) is 11.2. The Morgan fingerprint density at radius 1 is 1.38 bits per heavy atom. The summed E-state index contributed by atoms with van der Waals surface area (Å²) in [7, 11) is 0. The number of carbonyl (C=O) groups is 1. The van der Waals surface area contributed by atoms with E-state index in [9.17, 15) is 9.18 Å². The van der Waals surface area contributed by atoms with E-state index in [0.29, 0.717) is 11.9 Å². The number of aliphatic hydroxyl groups is 1.